The van der Waals surface area contributed by atoms with E-state index in [0.29, 0.717) is 11.5 Å². The Morgan fingerprint density at radius 1 is 1.47 bits per heavy atom. The highest BCUT2D eigenvalue weighted by Crippen LogP contribution is 2.14. The second kappa shape index (κ2) is 5.56. The van der Waals surface area contributed by atoms with Gasteiger partial charge in [0.15, 0.2) is 5.84 Å². The molecule has 0 aliphatic rings. The van der Waals surface area contributed by atoms with Crippen molar-refractivity contribution in [3.8, 4) is 0 Å². The lowest BCUT2D eigenvalue weighted by molar-refractivity contribution is 0.318. The van der Waals surface area contributed by atoms with Crippen LogP contribution >= 0.6 is 0 Å². The molecule has 0 bridgehead atoms. The minimum Gasteiger partial charge on any atom is -0.409 e. The molecule has 19 heavy (non-hydrogen) atoms. The van der Waals surface area contributed by atoms with Crippen LogP contribution in [0.15, 0.2) is 41.8 Å². The summed E-state index contributed by atoms with van der Waals surface area (Å²) in [6.07, 6.45) is 3.77. The van der Waals surface area contributed by atoms with Gasteiger partial charge in [-0.3, -0.25) is 0 Å². The number of benzene rings is 1. The van der Waals surface area contributed by atoms with Crippen molar-refractivity contribution in [2.24, 2.45) is 10.9 Å². The Bertz CT molecular complexity index is 587. The van der Waals surface area contributed by atoms with Crippen LogP contribution in [0.3, 0.4) is 0 Å². The first kappa shape index (κ1) is 13.1. The Hall–Kier alpha value is -2.30. The second-order valence-electron chi connectivity index (χ2n) is 4.75. The van der Waals surface area contributed by atoms with Gasteiger partial charge < -0.3 is 15.5 Å². The molecule has 1 aromatic heterocycles. The van der Waals surface area contributed by atoms with E-state index in [1.807, 2.05) is 36.7 Å². The number of aromatic nitrogens is 2. The number of hydrogen-bond acceptors (Lipinski definition) is 3. The van der Waals surface area contributed by atoms with Crippen LogP contribution in [0.4, 0.5) is 0 Å². The Labute approximate surface area is 112 Å². The first-order valence-corrected chi connectivity index (χ1v) is 6.19. The van der Waals surface area contributed by atoms with Crippen LogP contribution in [-0.2, 0) is 6.54 Å². The number of oxime groups is 1. The molecule has 3 N–H and O–H groups in total. The third-order valence-corrected chi connectivity index (χ3v) is 2.95. The lowest BCUT2D eigenvalue weighted by Crippen LogP contribution is -2.13. The van der Waals surface area contributed by atoms with Crippen LogP contribution in [-0.4, -0.2) is 20.6 Å². The molecule has 0 atom stereocenters. The molecule has 0 aliphatic carbocycles. The van der Waals surface area contributed by atoms with E-state index >= 15 is 0 Å². The standard InChI is InChI=1S/C14H18N4O/c1-10(2)14-16-6-7-18(14)9-11-4-3-5-12(8-11)13(15)17-19/h3-8,10,19H,9H2,1-2H3,(H2,15,17). The number of nitrogens with two attached hydrogens (primary N) is 1. The van der Waals surface area contributed by atoms with Gasteiger partial charge in [0.2, 0.25) is 0 Å². The SMILES string of the molecule is CC(C)c1nccn1Cc1cccc(/C(N)=N/O)c1. The average Bonchev–Trinajstić information content (AvgIpc) is 2.86. The molecule has 5 heteroatoms. The zero-order valence-electron chi connectivity index (χ0n) is 11.1. The fourth-order valence-corrected chi connectivity index (χ4v) is 2.04. The van der Waals surface area contributed by atoms with Gasteiger partial charge in [-0.25, -0.2) is 4.98 Å². The third kappa shape index (κ3) is 2.93. The van der Waals surface area contributed by atoms with Gasteiger partial charge in [-0.2, -0.15) is 0 Å². The third-order valence-electron chi connectivity index (χ3n) is 2.95. The maximum Gasteiger partial charge on any atom is 0.170 e. The topological polar surface area (TPSA) is 76.4 Å². The summed E-state index contributed by atoms with van der Waals surface area (Å²) in [6, 6.07) is 7.64. The molecule has 0 saturated heterocycles. The first-order chi connectivity index (χ1) is 9.11. The van der Waals surface area contributed by atoms with Crippen molar-refractivity contribution in [1.82, 2.24) is 9.55 Å². The summed E-state index contributed by atoms with van der Waals surface area (Å²) >= 11 is 0. The van der Waals surface area contributed by atoms with E-state index in [-0.39, 0.29) is 5.84 Å². The Balaban J connectivity index is 2.26. The summed E-state index contributed by atoms with van der Waals surface area (Å²) in [5.41, 5.74) is 7.40. The quantitative estimate of drug-likeness (QED) is 0.382. The molecule has 100 valence electrons. The molecule has 2 rings (SSSR count). The van der Waals surface area contributed by atoms with Crippen molar-refractivity contribution >= 4 is 5.84 Å². The lowest BCUT2D eigenvalue weighted by Gasteiger charge is -2.11. The van der Waals surface area contributed by atoms with Gasteiger partial charge in [-0.1, -0.05) is 37.2 Å². The minimum atomic E-state index is 0.122. The predicted molar refractivity (Wildman–Crippen MR) is 74.4 cm³/mol. The number of amidine groups is 1. The maximum atomic E-state index is 8.70. The van der Waals surface area contributed by atoms with E-state index in [9.17, 15) is 0 Å². The predicted octanol–water partition coefficient (Wildman–Crippen LogP) is 2.15. The monoisotopic (exact) mass is 258 g/mol. The van der Waals surface area contributed by atoms with Crippen molar-refractivity contribution in [3.05, 3.63) is 53.6 Å². The van der Waals surface area contributed by atoms with Crippen molar-refractivity contribution < 1.29 is 5.21 Å². The Morgan fingerprint density at radius 2 is 2.26 bits per heavy atom. The average molecular weight is 258 g/mol. The van der Waals surface area contributed by atoms with Gasteiger partial charge in [-0.05, 0) is 11.6 Å². The molecule has 1 aromatic carbocycles. The van der Waals surface area contributed by atoms with Gasteiger partial charge >= 0.3 is 0 Å². The van der Waals surface area contributed by atoms with Crippen LogP contribution in [0.1, 0.15) is 36.7 Å². The smallest absolute Gasteiger partial charge is 0.170 e. The van der Waals surface area contributed by atoms with E-state index in [1.54, 1.807) is 0 Å². The van der Waals surface area contributed by atoms with Crippen LogP contribution in [0, 0.1) is 0 Å². The van der Waals surface area contributed by atoms with Crippen LogP contribution in [0.5, 0.6) is 0 Å². The van der Waals surface area contributed by atoms with Crippen LogP contribution in [0.2, 0.25) is 0 Å². The molecule has 5 nitrogen and oxygen atoms in total. The summed E-state index contributed by atoms with van der Waals surface area (Å²) in [7, 11) is 0. The highest BCUT2D eigenvalue weighted by molar-refractivity contribution is 5.97. The molecule has 0 saturated carbocycles. The molecule has 0 fully saturated rings. The van der Waals surface area contributed by atoms with Crippen LogP contribution < -0.4 is 5.73 Å². The molecule has 0 radical (unpaired) electrons. The molecule has 0 amide bonds. The van der Waals surface area contributed by atoms with Gasteiger partial charge in [0.25, 0.3) is 0 Å². The van der Waals surface area contributed by atoms with Gasteiger partial charge in [0, 0.05) is 30.4 Å². The lowest BCUT2D eigenvalue weighted by atomic mass is 10.1. The zero-order valence-corrected chi connectivity index (χ0v) is 11.1. The van der Waals surface area contributed by atoms with E-state index in [2.05, 4.69) is 28.6 Å². The zero-order chi connectivity index (χ0) is 13.8. The summed E-state index contributed by atoms with van der Waals surface area (Å²) in [4.78, 5) is 4.36. The van der Waals surface area contributed by atoms with Gasteiger partial charge in [0.1, 0.15) is 5.82 Å². The molecule has 0 unspecified atom stereocenters. The fourth-order valence-electron chi connectivity index (χ4n) is 2.04. The first-order valence-electron chi connectivity index (χ1n) is 6.19. The van der Waals surface area contributed by atoms with Gasteiger partial charge in [0.05, 0.1) is 0 Å². The Morgan fingerprint density at radius 3 is 2.95 bits per heavy atom. The second-order valence-corrected chi connectivity index (χ2v) is 4.75. The summed E-state index contributed by atoms with van der Waals surface area (Å²) in [6.45, 7) is 4.96. The van der Waals surface area contributed by atoms with Crippen molar-refractivity contribution in [1.29, 1.82) is 0 Å². The molecule has 0 aliphatic heterocycles. The molecule has 0 spiro atoms. The minimum absolute atomic E-state index is 0.122. The van der Waals surface area contributed by atoms with Crippen molar-refractivity contribution in [3.63, 3.8) is 0 Å². The highest BCUT2D eigenvalue weighted by Gasteiger charge is 2.08. The summed E-state index contributed by atoms with van der Waals surface area (Å²) < 4.78 is 2.11. The van der Waals surface area contributed by atoms with Gasteiger partial charge in [-0.15, -0.1) is 0 Å². The number of nitrogens with zero attached hydrogens (tertiary/aromatic N) is 3. The maximum absolute atomic E-state index is 8.70. The van der Waals surface area contributed by atoms with E-state index in [4.69, 9.17) is 10.9 Å². The highest BCUT2D eigenvalue weighted by atomic mass is 16.4. The normalized spacial score (nSPS) is 12.1. The molecule has 2 aromatic rings. The Kier molecular flexibility index (Phi) is 3.85. The van der Waals surface area contributed by atoms with Crippen LogP contribution in [0.25, 0.3) is 0 Å². The largest absolute Gasteiger partial charge is 0.409 e. The van der Waals surface area contributed by atoms with E-state index in [1.165, 1.54) is 0 Å². The molecular formula is C14H18N4O. The van der Waals surface area contributed by atoms with Crippen molar-refractivity contribution in [2.45, 2.75) is 26.3 Å². The number of hydrogen-bond donors (Lipinski definition) is 2. The van der Waals surface area contributed by atoms with E-state index < -0.39 is 0 Å². The van der Waals surface area contributed by atoms with E-state index in [0.717, 1.165) is 17.9 Å². The molecular weight excluding hydrogens is 240 g/mol. The number of imidazole rings is 1. The van der Waals surface area contributed by atoms with Crippen molar-refractivity contribution in [2.75, 3.05) is 0 Å². The number of rotatable bonds is 4. The summed E-state index contributed by atoms with van der Waals surface area (Å²) in [5, 5.41) is 11.7. The molecule has 1 heterocycles. The fraction of sp³-hybridized carbons (Fsp3) is 0.286. The summed E-state index contributed by atoms with van der Waals surface area (Å²) in [5.74, 6) is 1.55.